The largest absolute Gasteiger partial charge is 0.310 e. The topological polar surface area (TPSA) is 35.8 Å². The maximum Gasteiger partial charge on any atom is 0.0991 e. The molecule has 0 aliphatic carbocycles. The fourth-order valence-corrected chi connectivity index (χ4v) is 1.39. The van der Waals surface area contributed by atoms with Gasteiger partial charge in [0.05, 0.1) is 11.6 Å². The first-order valence-electron chi connectivity index (χ1n) is 5.40. The minimum absolute atomic E-state index is 0.542. The molecule has 1 atom stereocenters. The van der Waals surface area contributed by atoms with Crippen molar-refractivity contribution in [1.29, 1.82) is 5.26 Å². The average Bonchev–Trinajstić information content (AvgIpc) is 2.26. The molecule has 2 heteroatoms. The minimum Gasteiger partial charge on any atom is -0.310 e. The van der Waals surface area contributed by atoms with Crippen LogP contribution in [0.5, 0.6) is 0 Å². The molecule has 1 N–H and O–H groups in total. The Hall–Kier alpha value is -1.33. The highest BCUT2D eigenvalue weighted by molar-refractivity contribution is 5.37. The second-order valence-electron chi connectivity index (χ2n) is 3.94. The van der Waals surface area contributed by atoms with Crippen molar-refractivity contribution in [2.45, 2.75) is 39.8 Å². The van der Waals surface area contributed by atoms with Crippen molar-refractivity contribution in [3.8, 4) is 6.07 Å². The predicted molar refractivity (Wildman–Crippen MR) is 62.5 cm³/mol. The average molecular weight is 202 g/mol. The van der Waals surface area contributed by atoms with Crippen molar-refractivity contribution < 1.29 is 0 Å². The number of hydrogen-bond acceptors (Lipinski definition) is 2. The van der Waals surface area contributed by atoms with Crippen LogP contribution in [-0.2, 0) is 6.54 Å². The maximum absolute atomic E-state index is 8.74. The number of nitrogens with zero attached hydrogens (tertiary/aromatic N) is 1. The van der Waals surface area contributed by atoms with Crippen LogP contribution < -0.4 is 5.32 Å². The summed E-state index contributed by atoms with van der Waals surface area (Å²) in [6, 6.07) is 8.54. The van der Waals surface area contributed by atoms with Gasteiger partial charge in [0, 0.05) is 12.6 Å². The third-order valence-electron chi connectivity index (χ3n) is 2.73. The number of benzene rings is 1. The first-order valence-corrected chi connectivity index (χ1v) is 5.40. The zero-order valence-electron chi connectivity index (χ0n) is 9.67. The van der Waals surface area contributed by atoms with Crippen molar-refractivity contribution in [2.75, 3.05) is 0 Å². The van der Waals surface area contributed by atoms with Gasteiger partial charge in [-0.25, -0.2) is 0 Å². The van der Waals surface area contributed by atoms with Gasteiger partial charge < -0.3 is 5.32 Å². The summed E-state index contributed by atoms with van der Waals surface area (Å²) in [7, 11) is 0. The molecule has 1 rings (SSSR count). The van der Waals surface area contributed by atoms with Crippen LogP contribution in [0.4, 0.5) is 0 Å². The van der Waals surface area contributed by atoms with Crippen LogP contribution in [0.25, 0.3) is 0 Å². The van der Waals surface area contributed by atoms with E-state index in [1.165, 1.54) is 11.1 Å². The Kier molecular flexibility index (Phi) is 4.33. The van der Waals surface area contributed by atoms with Gasteiger partial charge in [-0.3, -0.25) is 0 Å². The van der Waals surface area contributed by atoms with Crippen molar-refractivity contribution in [3.63, 3.8) is 0 Å². The number of aryl methyl sites for hydroxylation is 1. The molecule has 15 heavy (non-hydrogen) atoms. The molecule has 0 amide bonds. The Balaban J connectivity index is 2.67. The monoisotopic (exact) mass is 202 g/mol. The predicted octanol–water partition coefficient (Wildman–Crippen LogP) is 2.75. The minimum atomic E-state index is 0.542. The van der Waals surface area contributed by atoms with Gasteiger partial charge in [-0.05, 0) is 43.5 Å². The summed E-state index contributed by atoms with van der Waals surface area (Å²) in [6.45, 7) is 7.28. The summed E-state index contributed by atoms with van der Waals surface area (Å²) in [5.41, 5.74) is 3.19. The molecule has 0 bridgehead atoms. The fraction of sp³-hybridized carbons (Fsp3) is 0.462. The van der Waals surface area contributed by atoms with Gasteiger partial charge in [0.25, 0.3) is 0 Å². The van der Waals surface area contributed by atoms with E-state index in [0.717, 1.165) is 18.5 Å². The van der Waals surface area contributed by atoms with Gasteiger partial charge in [-0.1, -0.05) is 13.0 Å². The zero-order chi connectivity index (χ0) is 11.3. The van der Waals surface area contributed by atoms with E-state index in [9.17, 15) is 0 Å². The lowest BCUT2D eigenvalue weighted by atomic mass is 10.1. The smallest absolute Gasteiger partial charge is 0.0991 e. The Labute approximate surface area is 91.9 Å². The highest BCUT2D eigenvalue weighted by atomic mass is 14.9. The maximum atomic E-state index is 8.74. The van der Waals surface area contributed by atoms with E-state index in [2.05, 4.69) is 32.2 Å². The molecule has 0 heterocycles. The molecule has 0 aromatic heterocycles. The third kappa shape index (κ3) is 3.38. The summed E-state index contributed by atoms with van der Waals surface area (Å²) < 4.78 is 0. The molecule has 0 spiro atoms. The molecule has 1 aromatic rings. The lowest BCUT2D eigenvalue weighted by molar-refractivity contribution is 0.533. The third-order valence-corrected chi connectivity index (χ3v) is 2.73. The molecule has 2 nitrogen and oxygen atoms in total. The van der Waals surface area contributed by atoms with E-state index >= 15 is 0 Å². The highest BCUT2D eigenvalue weighted by Crippen LogP contribution is 2.10. The van der Waals surface area contributed by atoms with Crippen LogP contribution >= 0.6 is 0 Å². The van der Waals surface area contributed by atoms with E-state index in [0.29, 0.717) is 6.04 Å². The lowest BCUT2D eigenvalue weighted by Crippen LogP contribution is -2.24. The van der Waals surface area contributed by atoms with Gasteiger partial charge in [0.15, 0.2) is 0 Å². The second kappa shape index (κ2) is 5.53. The molecule has 0 saturated carbocycles. The molecule has 0 aliphatic heterocycles. The molecule has 0 saturated heterocycles. The number of hydrogen-bond donors (Lipinski definition) is 1. The zero-order valence-corrected chi connectivity index (χ0v) is 9.67. The Morgan fingerprint density at radius 3 is 2.73 bits per heavy atom. The van der Waals surface area contributed by atoms with E-state index in [-0.39, 0.29) is 0 Å². The molecule has 1 unspecified atom stereocenters. The van der Waals surface area contributed by atoms with Crippen LogP contribution in [0.2, 0.25) is 0 Å². The molecular weight excluding hydrogens is 184 g/mol. The van der Waals surface area contributed by atoms with Crippen molar-refractivity contribution >= 4 is 0 Å². The summed E-state index contributed by atoms with van der Waals surface area (Å²) in [5.74, 6) is 0. The summed E-state index contributed by atoms with van der Waals surface area (Å²) in [5, 5.41) is 12.2. The van der Waals surface area contributed by atoms with E-state index in [1.807, 2.05) is 18.2 Å². The molecule has 80 valence electrons. The van der Waals surface area contributed by atoms with Gasteiger partial charge in [-0.15, -0.1) is 0 Å². The first kappa shape index (κ1) is 11.7. The summed E-state index contributed by atoms with van der Waals surface area (Å²) in [4.78, 5) is 0. The molecule has 0 aliphatic rings. The van der Waals surface area contributed by atoms with Crippen molar-refractivity contribution in [3.05, 3.63) is 34.9 Å². The Morgan fingerprint density at radius 1 is 1.47 bits per heavy atom. The van der Waals surface area contributed by atoms with Crippen LogP contribution in [0.3, 0.4) is 0 Å². The quantitative estimate of drug-likeness (QED) is 0.815. The number of nitrogens with one attached hydrogen (secondary N) is 1. The SMILES string of the molecule is CCC(C)NCc1ccc(C#N)cc1C. The van der Waals surface area contributed by atoms with Gasteiger partial charge in [0.1, 0.15) is 0 Å². The fourth-order valence-electron chi connectivity index (χ4n) is 1.39. The molecule has 1 aromatic carbocycles. The molecule has 0 radical (unpaired) electrons. The van der Waals surface area contributed by atoms with E-state index in [1.54, 1.807) is 0 Å². The van der Waals surface area contributed by atoms with Crippen molar-refractivity contribution in [1.82, 2.24) is 5.32 Å². The summed E-state index contributed by atoms with van der Waals surface area (Å²) in [6.07, 6.45) is 1.13. The van der Waals surface area contributed by atoms with E-state index in [4.69, 9.17) is 5.26 Å². The lowest BCUT2D eigenvalue weighted by Gasteiger charge is -2.12. The van der Waals surface area contributed by atoms with Gasteiger partial charge in [0.2, 0.25) is 0 Å². The van der Waals surface area contributed by atoms with Crippen LogP contribution in [0.1, 0.15) is 37.0 Å². The van der Waals surface area contributed by atoms with Gasteiger partial charge >= 0.3 is 0 Å². The van der Waals surface area contributed by atoms with Crippen LogP contribution in [-0.4, -0.2) is 6.04 Å². The van der Waals surface area contributed by atoms with Gasteiger partial charge in [-0.2, -0.15) is 5.26 Å². The second-order valence-corrected chi connectivity index (χ2v) is 3.94. The standard InChI is InChI=1S/C13H18N2/c1-4-11(3)15-9-13-6-5-12(8-14)7-10(13)2/h5-7,11,15H,4,9H2,1-3H3. The van der Waals surface area contributed by atoms with Crippen LogP contribution in [0, 0.1) is 18.3 Å². The normalized spacial score (nSPS) is 12.1. The molecular formula is C13H18N2. The van der Waals surface area contributed by atoms with Crippen LogP contribution in [0.15, 0.2) is 18.2 Å². The summed E-state index contributed by atoms with van der Waals surface area (Å²) >= 11 is 0. The van der Waals surface area contributed by atoms with E-state index < -0.39 is 0 Å². The Bertz CT molecular complexity index is 363. The molecule has 0 fully saturated rings. The highest BCUT2D eigenvalue weighted by Gasteiger charge is 2.02. The number of rotatable bonds is 4. The van der Waals surface area contributed by atoms with Crippen molar-refractivity contribution in [2.24, 2.45) is 0 Å². The Morgan fingerprint density at radius 2 is 2.20 bits per heavy atom. The number of nitriles is 1. The first-order chi connectivity index (χ1) is 7.17.